The van der Waals surface area contributed by atoms with Gasteiger partial charge in [0.05, 0.1) is 6.10 Å². The van der Waals surface area contributed by atoms with Crippen LogP contribution in [-0.2, 0) is 9.47 Å². The van der Waals surface area contributed by atoms with Crippen LogP contribution in [0.25, 0.3) is 0 Å². The standard InChI is InChI=1S/C29H42FN3O4/c1-36-15-8-16-37-29(23-12-5-6-13-24(23)30)21-11-7-14-33(19-21)26-25(27(34)28(26)35)32-22(18-31)17-20-9-3-2-4-10-20/h5-6,12-13,20-22,29,32H,2-4,7-11,14-19,31H2,1H3. The van der Waals surface area contributed by atoms with Crippen molar-refractivity contribution in [1.82, 2.24) is 0 Å². The van der Waals surface area contributed by atoms with Gasteiger partial charge in [0.15, 0.2) is 0 Å². The second kappa shape index (κ2) is 13.5. The highest BCUT2D eigenvalue weighted by molar-refractivity contribution is 5.75. The van der Waals surface area contributed by atoms with E-state index < -0.39 is 17.0 Å². The SMILES string of the molecule is COCCCOC(c1ccccc1F)C1CCCN(c2c(NC(CN)CC3CCCCC3)c(=O)c2=O)C1. The summed E-state index contributed by atoms with van der Waals surface area (Å²) in [7, 11) is 1.65. The van der Waals surface area contributed by atoms with Crippen LogP contribution >= 0.6 is 0 Å². The van der Waals surface area contributed by atoms with Crippen molar-refractivity contribution in [2.24, 2.45) is 17.6 Å². The zero-order valence-electron chi connectivity index (χ0n) is 22.1. The molecule has 2 aromatic rings. The van der Waals surface area contributed by atoms with E-state index >= 15 is 0 Å². The average Bonchev–Trinajstić information content (AvgIpc) is 2.93. The van der Waals surface area contributed by atoms with E-state index in [1.54, 1.807) is 19.2 Å². The Morgan fingerprint density at radius 1 is 1.08 bits per heavy atom. The van der Waals surface area contributed by atoms with Crippen molar-refractivity contribution >= 4 is 11.4 Å². The van der Waals surface area contributed by atoms with Crippen molar-refractivity contribution in [3.05, 3.63) is 56.1 Å². The molecule has 2 aliphatic rings. The Kier molecular flexibility index (Phi) is 10.1. The first-order valence-corrected chi connectivity index (χ1v) is 13.9. The van der Waals surface area contributed by atoms with Gasteiger partial charge in [-0.05, 0) is 37.7 Å². The zero-order valence-corrected chi connectivity index (χ0v) is 22.1. The molecule has 0 spiro atoms. The number of nitrogens with two attached hydrogens (primary N) is 1. The lowest BCUT2D eigenvalue weighted by Gasteiger charge is -2.39. The van der Waals surface area contributed by atoms with Crippen LogP contribution < -0.4 is 26.8 Å². The molecule has 2 fully saturated rings. The molecular weight excluding hydrogens is 473 g/mol. The van der Waals surface area contributed by atoms with Crippen LogP contribution in [0.3, 0.4) is 0 Å². The number of ether oxygens (including phenoxy) is 2. The fourth-order valence-corrected chi connectivity index (χ4v) is 6.12. The van der Waals surface area contributed by atoms with E-state index in [-0.39, 0.29) is 17.8 Å². The summed E-state index contributed by atoms with van der Waals surface area (Å²) in [6, 6.07) is 6.70. The second-order valence-electron chi connectivity index (χ2n) is 10.7. The third-order valence-corrected chi connectivity index (χ3v) is 8.06. The largest absolute Gasteiger partial charge is 0.385 e. The lowest BCUT2D eigenvalue weighted by molar-refractivity contribution is -0.00433. The maximum atomic E-state index is 14.8. The summed E-state index contributed by atoms with van der Waals surface area (Å²) in [6.07, 6.45) is 9.07. The summed E-state index contributed by atoms with van der Waals surface area (Å²) in [5.41, 5.74) is 6.57. The minimum Gasteiger partial charge on any atom is -0.385 e. The van der Waals surface area contributed by atoms with Crippen LogP contribution in [0.5, 0.6) is 0 Å². The van der Waals surface area contributed by atoms with Crippen molar-refractivity contribution < 1.29 is 13.9 Å². The number of benzene rings is 1. The van der Waals surface area contributed by atoms with E-state index in [4.69, 9.17) is 15.2 Å². The molecule has 2 aromatic carbocycles. The Bertz CT molecular complexity index is 1060. The summed E-state index contributed by atoms with van der Waals surface area (Å²) in [5.74, 6) is 0.306. The van der Waals surface area contributed by atoms with Crippen LogP contribution in [0.1, 0.15) is 69.5 Å². The first-order chi connectivity index (χ1) is 18.0. The maximum Gasteiger partial charge on any atom is 0.253 e. The van der Waals surface area contributed by atoms with E-state index in [2.05, 4.69) is 5.32 Å². The van der Waals surface area contributed by atoms with Crippen LogP contribution in [0, 0.1) is 17.7 Å². The fraction of sp³-hybridized carbons (Fsp3) is 0.655. The van der Waals surface area contributed by atoms with Crippen LogP contribution in [0.4, 0.5) is 15.8 Å². The Hall–Kier alpha value is -2.29. The summed E-state index contributed by atoms with van der Waals surface area (Å²) in [5, 5.41) is 3.35. The molecule has 1 saturated carbocycles. The minimum atomic E-state index is -0.458. The van der Waals surface area contributed by atoms with Crippen molar-refractivity contribution in [2.75, 3.05) is 50.2 Å². The molecule has 37 heavy (non-hydrogen) atoms. The van der Waals surface area contributed by atoms with E-state index in [1.807, 2.05) is 11.0 Å². The summed E-state index contributed by atoms with van der Waals surface area (Å²) in [4.78, 5) is 27.4. The highest BCUT2D eigenvalue weighted by Crippen LogP contribution is 2.37. The van der Waals surface area contributed by atoms with Gasteiger partial charge in [-0.15, -0.1) is 0 Å². The molecule has 0 aromatic heterocycles. The Labute approximate surface area is 219 Å². The fourth-order valence-electron chi connectivity index (χ4n) is 6.12. The smallest absolute Gasteiger partial charge is 0.253 e. The number of nitrogens with zero attached hydrogens (tertiary/aromatic N) is 1. The number of hydrogen-bond donors (Lipinski definition) is 2. The summed E-state index contributed by atoms with van der Waals surface area (Å²) in [6.45, 7) is 2.65. The van der Waals surface area contributed by atoms with Gasteiger partial charge < -0.3 is 25.4 Å². The molecule has 1 aliphatic heterocycles. The average molecular weight is 516 g/mol. The van der Waals surface area contributed by atoms with E-state index in [1.165, 1.54) is 38.2 Å². The van der Waals surface area contributed by atoms with Gasteiger partial charge >= 0.3 is 0 Å². The normalized spacial score (nSPS) is 20.7. The van der Waals surface area contributed by atoms with Gasteiger partial charge in [0, 0.05) is 57.5 Å². The molecule has 3 unspecified atom stereocenters. The van der Waals surface area contributed by atoms with E-state index in [0.717, 1.165) is 19.3 Å². The number of rotatable bonds is 13. The summed E-state index contributed by atoms with van der Waals surface area (Å²) < 4.78 is 26.2. The monoisotopic (exact) mass is 515 g/mol. The van der Waals surface area contributed by atoms with Crippen molar-refractivity contribution in [1.29, 1.82) is 0 Å². The summed E-state index contributed by atoms with van der Waals surface area (Å²) >= 11 is 0. The van der Waals surface area contributed by atoms with Gasteiger partial charge in [-0.1, -0.05) is 50.3 Å². The lowest BCUT2D eigenvalue weighted by Crippen LogP contribution is -2.49. The van der Waals surface area contributed by atoms with Gasteiger partial charge in [-0.3, -0.25) is 9.59 Å². The molecule has 8 heteroatoms. The molecule has 1 saturated heterocycles. The third kappa shape index (κ3) is 6.78. The maximum absolute atomic E-state index is 14.8. The Balaban J connectivity index is 1.49. The lowest BCUT2D eigenvalue weighted by atomic mass is 9.84. The number of nitrogens with one attached hydrogen (secondary N) is 1. The molecule has 3 atom stereocenters. The predicted octanol–water partition coefficient (Wildman–Crippen LogP) is 4.14. The number of piperidine rings is 1. The van der Waals surface area contributed by atoms with Crippen LogP contribution in [0.2, 0.25) is 0 Å². The van der Waals surface area contributed by atoms with Crippen molar-refractivity contribution in [3.8, 4) is 0 Å². The topological polar surface area (TPSA) is 93.9 Å². The van der Waals surface area contributed by atoms with Crippen molar-refractivity contribution in [2.45, 2.75) is 69.9 Å². The number of methoxy groups -OCH3 is 1. The molecule has 1 heterocycles. The van der Waals surface area contributed by atoms with Gasteiger partial charge in [0.2, 0.25) is 0 Å². The first kappa shape index (κ1) is 27.7. The quantitative estimate of drug-likeness (QED) is 0.306. The van der Waals surface area contributed by atoms with Crippen molar-refractivity contribution in [3.63, 3.8) is 0 Å². The number of anilines is 2. The van der Waals surface area contributed by atoms with Gasteiger partial charge in [0.25, 0.3) is 10.9 Å². The Morgan fingerprint density at radius 2 is 1.86 bits per heavy atom. The van der Waals surface area contributed by atoms with E-state index in [0.29, 0.717) is 62.1 Å². The van der Waals surface area contributed by atoms with Crippen LogP contribution in [-0.4, -0.2) is 46.0 Å². The predicted molar refractivity (Wildman–Crippen MR) is 146 cm³/mol. The molecule has 0 radical (unpaired) electrons. The molecule has 204 valence electrons. The van der Waals surface area contributed by atoms with E-state index in [9.17, 15) is 14.0 Å². The highest BCUT2D eigenvalue weighted by Gasteiger charge is 2.35. The number of halogens is 1. The molecule has 3 N–H and O–H groups in total. The minimum absolute atomic E-state index is 0.0157. The molecular formula is C29H42FN3O4. The molecule has 7 nitrogen and oxygen atoms in total. The first-order valence-electron chi connectivity index (χ1n) is 13.9. The third-order valence-electron chi connectivity index (χ3n) is 8.06. The second-order valence-corrected chi connectivity index (χ2v) is 10.7. The van der Waals surface area contributed by atoms with Gasteiger partial charge in [-0.25, -0.2) is 4.39 Å². The van der Waals surface area contributed by atoms with Crippen LogP contribution in [0.15, 0.2) is 33.9 Å². The number of hydrogen-bond acceptors (Lipinski definition) is 7. The van der Waals surface area contributed by atoms with Gasteiger partial charge in [0.1, 0.15) is 17.2 Å². The highest BCUT2D eigenvalue weighted by atomic mass is 19.1. The molecule has 0 amide bonds. The molecule has 4 rings (SSSR count). The molecule has 1 aliphatic carbocycles. The zero-order chi connectivity index (χ0) is 26.2. The molecule has 0 bridgehead atoms. The van der Waals surface area contributed by atoms with Gasteiger partial charge in [-0.2, -0.15) is 0 Å². The Morgan fingerprint density at radius 3 is 2.59 bits per heavy atom.